The number of carbonyl (C=O) groups is 1. The molecule has 0 spiro atoms. The summed E-state index contributed by atoms with van der Waals surface area (Å²) >= 11 is 6.01. The maximum absolute atomic E-state index is 12.3. The molecule has 0 radical (unpaired) electrons. The van der Waals surface area contributed by atoms with Crippen molar-refractivity contribution < 1.29 is 17.9 Å². The zero-order chi connectivity index (χ0) is 19.2. The van der Waals surface area contributed by atoms with Gasteiger partial charge in [0.25, 0.3) is 0 Å². The first kappa shape index (κ1) is 20.2. The Kier molecular flexibility index (Phi) is 7.02. The van der Waals surface area contributed by atoms with E-state index >= 15 is 0 Å². The molecular formula is C18H21ClN2O4S. The van der Waals surface area contributed by atoms with E-state index < -0.39 is 15.9 Å². The average molecular weight is 397 g/mol. The molecule has 2 aromatic carbocycles. The van der Waals surface area contributed by atoms with Crippen molar-refractivity contribution in [1.29, 1.82) is 0 Å². The molecule has 0 bridgehead atoms. The number of hydrogen-bond donors (Lipinski definition) is 1. The molecule has 1 amide bonds. The highest BCUT2D eigenvalue weighted by molar-refractivity contribution is 7.88. The lowest BCUT2D eigenvalue weighted by molar-refractivity contribution is -0.116. The molecule has 0 atom stereocenters. The Labute approximate surface area is 158 Å². The van der Waals surface area contributed by atoms with E-state index in [0.717, 1.165) is 16.1 Å². The van der Waals surface area contributed by atoms with Crippen LogP contribution in [0.15, 0.2) is 48.5 Å². The second kappa shape index (κ2) is 9.02. The Morgan fingerprint density at radius 1 is 1.15 bits per heavy atom. The summed E-state index contributed by atoms with van der Waals surface area (Å²) in [6.45, 7) is -0.131. The molecule has 0 saturated heterocycles. The highest BCUT2D eigenvalue weighted by Gasteiger charge is 2.21. The quantitative estimate of drug-likeness (QED) is 0.744. The minimum absolute atomic E-state index is 0.162. The fraction of sp³-hybridized carbons (Fsp3) is 0.278. The number of nitrogens with one attached hydrogen (secondary N) is 1. The molecule has 8 heteroatoms. The van der Waals surface area contributed by atoms with Gasteiger partial charge in [0, 0.05) is 6.54 Å². The van der Waals surface area contributed by atoms with Crippen molar-refractivity contribution in [1.82, 2.24) is 4.31 Å². The first-order valence-corrected chi connectivity index (χ1v) is 10.2. The van der Waals surface area contributed by atoms with Gasteiger partial charge in [-0.3, -0.25) is 4.79 Å². The SMILES string of the molecule is COc1ccccc1CCN(CC(=O)Nc1ccccc1Cl)S(C)(=O)=O. The lowest BCUT2D eigenvalue weighted by Gasteiger charge is -2.20. The molecule has 0 aliphatic rings. The van der Waals surface area contributed by atoms with Crippen molar-refractivity contribution in [2.24, 2.45) is 0 Å². The minimum atomic E-state index is -3.55. The Bertz CT molecular complexity index is 871. The number of methoxy groups -OCH3 is 1. The number of amides is 1. The van der Waals surface area contributed by atoms with E-state index in [1.807, 2.05) is 24.3 Å². The van der Waals surface area contributed by atoms with E-state index in [1.165, 1.54) is 0 Å². The van der Waals surface area contributed by atoms with Crippen LogP contribution in [-0.2, 0) is 21.2 Å². The fourth-order valence-corrected chi connectivity index (χ4v) is 3.39. The standard InChI is InChI=1S/C18H21ClN2O4S/c1-25-17-10-6-3-7-14(17)11-12-21(26(2,23)24)13-18(22)20-16-9-5-4-8-15(16)19/h3-10H,11-13H2,1-2H3,(H,20,22). The molecule has 0 heterocycles. The molecule has 2 rings (SSSR count). The van der Waals surface area contributed by atoms with Crippen LogP contribution in [0.3, 0.4) is 0 Å². The van der Waals surface area contributed by atoms with Crippen LogP contribution in [0.1, 0.15) is 5.56 Å². The van der Waals surface area contributed by atoms with Crippen molar-refractivity contribution in [2.45, 2.75) is 6.42 Å². The van der Waals surface area contributed by atoms with Gasteiger partial charge in [0.1, 0.15) is 5.75 Å². The number of para-hydroxylation sites is 2. The van der Waals surface area contributed by atoms with Crippen molar-refractivity contribution in [3.63, 3.8) is 0 Å². The maximum atomic E-state index is 12.3. The Balaban J connectivity index is 2.06. The van der Waals surface area contributed by atoms with Gasteiger partial charge in [0.15, 0.2) is 0 Å². The number of ether oxygens (including phenoxy) is 1. The van der Waals surface area contributed by atoms with Gasteiger partial charge in [-0.1, -0.05) is 41.9 Å². The van der Waals surface area contributed by atoms with Gasteiger partial charge in [-0.15, -0.1) is 0 Å². The predicted octanol–water partition coefficient (Wildman–Crippen LogP) is 2.79. The zero-order valence-corrected chi connectivity index (χ0v) is 16.2. The number of benzene rings is 2. The number of anilines is 1. The smallest absolute Gasteiger partial charge is 0.239 e. The van der Waals surface area contributed by atoms with Gasteiger partial charge in [-0.25, -0.2) is 8.42 Å². The molecule has 0 fully saturated rings. The van der Waals surface area contributed by atoms with Crippen molar-refractivity contribution in [3.05, 3.63) is 59.1 Å². The molecule has 2 aromatic rings. The van der Waals surface area contributed by atoms with Crippen molar-refractivity contribution in [3.8, 4) is 5.75 Å². The van der Waals surface area contributed by atoms with Crippen LogP contribution in [0.4, 0.5) is 5.69 Å². The van der Waals surface area contributed by atoms with Crippen molar-refractivity contribution >= 4 is 33.2 Å². The summed E-state index contributed by atoms with van der Waals surface area (Å²) in [5.41, 5.74) is 1.31. The number of hydrogen-bond acceptors (Lipinski definition) is 4. The summed E-state index contributed by atoms with van der Waals surface area (Å²) in [5.74, 6) is 0.227. The second-order valence-corrected chi connectivity index (χ2v) is 8.08. The lowest BCUT2D eigenvalue weighted by Crippen LogP contribution is -2.38. The summed E-state index contributed by atoms with van der Waals surface area (Å²) in [7, 11) is -1.99. The normalized spacial score (nSPS) is 11.4. The zero-order valence-electron chi connectivity index (χ0n) is 14.6. The maximum Gasteiger partial charge on any atom is 0.239 e. The average Bonchev–Trinajstić information content (AvgIpc) is 2.60. The Hall–Kier alpha value is -2.09. The second-order valence-electron chi connectivity index (χ2n) is 5.69. The van der Waals surface area contributed by atoms with Crippen LogP contribution >= 0.6 is 11.6 Å². The topological polar surface area (TPSA) is 75.7 Å². The number of rotatable bonds is 8. The summed E-state index contributed by atoms with van der Waals surface area (Å²) in [5, 5.41) is 3.02. The van der Waals surface area contributed by atoms with Gasteiger partial charge >= 0.3 is 0 Å². The van der Waals surface area contributed by atoms with Crippen LogP contribution in [-0.4, -0.2) is 45.1 Å². The van der Waals surface area contributed by atoms with E-state index in [9.17, 15) is 13.2 Å². The van der Waals surface area contributed by atoms with E-state index in [0.29, 0.717) is 22.9 Å². The number of carbonyl (C=O) groups excluding carboxylic acids is 1. The van der Waals surface area contributed by atoms with E-state index in [1.54, 1.807) is 31.4 Å². The Morgan fingerprint density at radius 2 is 1.81 bits per heavy atom. The van der Waals surface area contributed by atoms with E-state index in [4.69, 9.17) is 16.3 Å². The van der Waals surface area contributed by atoms with Gasteiger partial charge in [-0.05, 0) is 30.2 Å². The molecule has 0 saturated carbocycles. The van der Waals surface area contributed by atoms with Crippen LogP contribution in [0, 0.1) is 0 Å². The van der Waals surface area contributed by atoms with E-state index in [-0.39, 0.29) is 13.1 Å². The highest BCUT2D eigenvalue weighted by atomic mass is 35.5. The van der Waals surface area contributed by atoms with Gasteiger partial charge in [-0.2, -0.15) is 4.31 Å². The number of halogens is 1. The molecule has 6 nitrogen and oxygen atoms in total. The molecular weight excluding hydrogens is 376 g/mol. The summed E-state index contributed by atoms with van der Waals surface area (Å²) in [6.07, 6.45) is 1.51. The molecule has 0 unspecified atom stereocenters. The number of nitrogens with zero attached hydrogens (tertiary/aromatic N) is 1. The molecule has 26 heavy (non-hydrogen) atoms. The third-order valence-corrected chi connectivity index (χ3v) is 5.34. The van der Waals surface area contributed by atoms with Gasteiger partial charge in [0.05, 0.1) is 30.6 Å². The van der Waals surface area contributed by atoms with Crippen LogP contribution in [0.2, 0.25) is 5.02 Å². The lowest BCUT2D eigenvalue weighted by atomic mass is 10.1. The molecule has 1 N–H and O–H groups in total. The molecule has 0 aliphatic carbocycles. The summed E-state index contributed by atoms with van der Waals surface area (Å²) < 4.78 is 30.5. The third kappa shape index (κ3) is 5.72. The minimum Gasteiger partial charge on any atom is -0.496 e. The third-order valence-electron chi connectivity index (χ3n) is 3.76. The van der Waals surface area contributed by atoms with Gasteiger partial charge in [0.2, 0.25) is 15.9 Å². The molecule has 0 aromatic heterocycles. The Morgan fingerprint density at radius 3 is 2.46 bits per heavy atom. The molecule has 140 valence electrons. The monoisotopic (exact) mass is 396 g/mol. The van der Waals surface area contributed by atoms with E-state index in [2.05, 4.69) is 5.32 Å². The van der Waals surface area contributed by atoms with Gasteiger partial charge < -0.3 is 10.1 Å². The van der Waals surface area contributed by atoms with Crippen LogP contribution in [0.5, 0.6) is 5.75 Å². The summed E-state index contributed by atoms with van der Waals surface area (Å²) in [4.78, 5) is 12.3. The first-order chi connectivity index (χ1) is 12.3. The predicted molar refractivity (Wildman–Crippen MR) is 103 cm³/mol. The van der Waals surface area contributed by atoms with Crippen LogP contribution in [0.25, 0.3) is 0 Å². The largest absolute Gasteiger partial charge is 0.496 e. The highest BCUT2D eigenvalue weighted by Crippen LogP contribution is 2.21. The molecule has 0 aliphatic heterocycles. The first-order valence-electron chi connectivity index (χ1n) is 7.92. The van der Waals surface area contributed by atoms with Crippen molar-refractivity contribution in [2.75, 3.05) is 31.8 Å². The number of sulfonamides is 1. The van der Waals surface area contributed by atoms with Crippen LogP contribution < -0.4 is 10.1 Å². The summed E-state index contributed by atoms with van der Waals surface area (Å²) in [6, 6.07) is 14.1. The fourth-order valence-electron chi connectivity index (χ4n) is 2.43.